The second kappa shape index (κ2) is 3.23. The summed E-state index contributed by atoms with van der Waals surface area (Å²) in [6.07, 6.45) is 1.82. The van der Waals surface area contributed by atoms with Gasteiger partial charge in [-0.2, -0.15) is 0 Å². The average molecular weight is 222 g/mol. The highest BCUT2D eigenvalue weighted by molar-refractivity contribution is 9.08. The quantitative estimate of drug-likeness (QED) is 0.675. The maximum atomic E-state index is 4.27. The SMILES string of the molecule is BrCc1cccc2ncccc12. The topological polar surface area (TPSA) is 12.9 Å². The highest BCUT2D eigenvalue weighted by atomic mass is 79.9. The first-order valence-corrected chi connectivity index (χ1v) is 4.92. The van der Waals surface area contributed by atoms with Crippen LogP contribution in [0.4, 0.5) is 0 Å². The van der Waals surface area contributed by atoms with E-state index in [4.69, 9.17) is 0 Å². The van der Waals surface area contributed by atoms with Crippen LogP contribution in [0.3, 0.4) is 0 Å². The van der Waals surface area contributed by atoms with Crippen molar-refractivity contribution in [3.63, 3.8) is 0 Å². The zero-order valence-corrected chi connectivity index (χ0v) is 8.08. The Kier molecular flexibility index (Phi) is 2.09. The highest BCUT2D eigenvalue weighted by Gasteiger charge is 1.97. The monoisotopic (exact) mass is 221 g/mol. The van der Waals surface area contributed by atoms with Crippen molar-refractivity contribution in [2.75, 3.05) is 0 Å². The third kappa shape index (κ3) is 1.23. The van der Waals surface area contributed by atoms with Crippen molar-refractivity contribution in [1.29, 1.82) is 0 Å². The molecule has 2 rings (SSSR count). The lowest BCUT2D eigenvalue weighted by molar-refractivity contribution is 1.38. The summed E-state index contributed by atoms with van der Waals surface area (Å²) in [7, 11) is 0. The Labute approximate surface area is 79.6 Å². The van der Waals surface area contributed by atoms with Crippen molar-refractivity contribution in [1.82, 2.24) is 4.98 Å². The second-order valence-electron chi connectivity index (χ2n) is 2.62. The van der Waals surface area contributed by atoms with Gasteiger partial charge in [0.25, 0.3) is 0 Å². The molecule has 0 aliphatic heterocycles. The molecule has 0 radical (unpaired) electrons. The molecule has 1 aromatic heterocycles. The van der Waals surface area contributed by atoms with Crippen molar-refractivity contribution in [2.45, 2.75) is 5.33 Å². The van der Waals surface area contributed by atoms with Crippen molar-refractivity contribution in [3.8, 4) is 0 Å². The third-order valence-electron chi connectivity index (χ3n) is 1.88. The van der Waals surface area contributed by atoms with Crippen LogP contribution in [0.15, 0.2) is 36.5 Å². The first-order chi connectivity index (χ1) is 5.92. The van der Waals surface area contributed by atoms with E-state index in [1.807, 2.05) is 24.4 Å². The van der Waals surface area contributed by atoms with Crippen molar-refractivity contribution >= 4 is 26.8 Å². The summed E-state index contributed by atoms with van der Waals surface area (Å²) in [5.74, 6) is 0. The van der Waals surface area contributed by atoms with Crippen LogP contribution in [0.25, 0.3) is 10.9 Å². The number of aromatic nitrogens is 1. The summed E-state index contributed by atoms with van der Waals surface area (Å²) < 4.78 is 0. The molecule has 1 heterocycles. The molecule has 0 saturated heterocycles. The van der Waals surface area contributed by atoms with Crippen LogP contribution in [-0.2, 0) is 5.33 Å². The number of hydrogen-bond donors (Lipinski definition) is 0. The van der Waals surface area contributed by atoms with Gasteiger partial charge in [0.1, 0.15) is 0 Å². The minimum Gasteiger partial charge on any atom is -0.256 e. The summed E-state index contributed by atoms with van der Waals surface area (Å²) in [5.41, 5.74) is 2.36. The number of halogens is 1. The molecule has 0 aliphatic carbocycles. The highest BCUT2D eigenvalue weighted by Crippen LogP contribution is 2.18. The van der Waals surface area contributed by atoms with Gasteiger partial charge < -0.3 is 0 Å². The minimum atomic E-state index is 0.885. The van der Waals surface area contributed by atoms with Crippen molar-refractivity contribution < 1.29 is 0 Å². The normalized spacial score (nSPS) is 10.4. The first kappa shape index (κ1) is 7.74. The zero-order chi connectivity index (χ0) is 8.39. The summed E-state index contributed by atoms with van der Waals surface area (Å²) in [6, 6.07) is 10.2. The van der Waals surface area contributed by atoms with Crippen LogP contribution in [0, 0.1) is 0 Å². The number of nitrogens with zero attached hydrogens (tertiary/aromatic N) is 1. The lowest BCUT2D eigenvalue weighted by Gasteiger charge is -2.00. The summed E-state index contributed by atoms with van der Waals surface area (Å²) in [6.45, 7) is 0. The second-order valence-corrected chi connectivity index (χ2v) is 3.18. The number of fused-ring (bicyclic) bond motifs is 1. The standard InChI is InChI=1S/C10H8BrN/c11-7-8-3-1-5-10-9(8)4-2-6-12-10/h1-6H,7H2. The third-order valence-corrected chi connectivity index (χ3v) is 2.48. The average Bonchev–Trinajstić information content (AvgIpc) is 2.17. The van der Waals surface area contributed by atoms with Crippen molar-refractivity contribution in [2.24, 2.45) is 0 Å². The molecule has 0 amide bonds. The Balaban J connectivity index is 2.79. The summed E-state index contributed by atoms with van der Waals surface area (Å²) in [4.78, 5) is 4.27. The Morgan fingerprint density at radius 1 is 1.17 bits per heavy atom. The van der Waals surface area contributed by atoms with Gasteiger partial charge >= 0.3 is 0 Å². The van der Waals surface area contributed by atoms with E-state index >= 15 is 0 Å². The molecule has 1 aromatic carbocycles. The van der Waals surface area contributed by atoms with Gasteiger partial charge in [-0.15, -0.1) is 0 Å². The molecule has 2 heteroatoms. The van der Waals surface area contributed by atoms with E-state index in [0.717, 1.165) is 10.8 Å². The number of hydrogen-bond acceptors (Lipinski definition) is 1. The molecule has 0 unspecified atom stereocenters. The Hall–Kier alpha value is -0.890. The number of pyridine rings is 1. The fraction of sp³-hybridized carbons (Fsp3) is 0.100. The van der Waals surface area contributed by atoms with E-state index in [9.17, 15) is 0 Å². The zero-order valence-electron chi connectivity index (χ0n) is 6.50. The maximum Gasteiger partial charge on any atom is 0.0705 e. The largest absolute Gasteiger partial charge is 0.256 e. The van der Waals surface area contributed by atoms with Gasteiger partial charge in [0.15, 0.2) is 0 Å². The Bertz CT molecular complexity index is 392. The summed E-state index contributed by atoms with van der Waals surface area (Å²) >= 11 is 3.45. The molecule has 0 fully saturated rings. The van der Waals surface area contributed by atoms with Crippen molar-refractivity contribution in [3.05, 3.63) is 42.1 Å². The number of alkyl halides is 1. The Morgan fingerprint density at radius 3 is 2.92 bits per heavy atom. The van der Waals surface area contributed by atoms with E-state index in [1.165, 1.54) is 10.9 Å². The van der Waals surface area contributed by atoms with Crippen LogP contribution in [-0.4, -0.2) is 4.98 Å². The molecule has 0 spiro atoms. The summed E-state index contributed by atoms with van der Waals surface area (Å²) in [5, 5.41) is 2.12. The smallest absolute Gasteiger partial charge is 0.0705 e. The molecular formula is C10H8BrN. The molecule has 12 heavy (non-hydrogen) atoms. The van der Waals surface area contributed by atoms with Gasteiger partial charge in [-0.1, -0.05) is 34.1 Å². The van der Waals surface area contributed by atoms with Gasteiger partial charge in [0.2, 0.25) is 0 Å². The molecule has 0 N–H and O–H groups in total. The predicted octanol–water partition coefficient (Wildman–Crippen LogP) is 3.13. The van der Waals surface area contributed by atoms with Gasteiger partial charge in [0.05, 0.1) is 5.52 Å². The van der Waals surface area contributed by atoms with E-state index in [-0.39, 0.29) is 0 Å². The minimum absolute atomic E-state index is 0.885. The van der Waals surface area contributed by atoms with Gasteiger partial charge in [0, 0.05) is 16.9 Å². The molecule has 0 atom stereocenters. The molecule has 1 nitrogen and oxygen atoms in total. The Morgan fingerprint density at radius 2 is 2.08 bits per heavy atom. The molecule has 0 bridgehead atoms. The van der Waals surface area contributed by atoms with E-state index in [1.54, 1.807) is 0 Å². The van der Waals surface area contributed by atoms with Gasteiger partial charge in [-0.05, 0) is 17.7 Å². The van der Waals surface area contributed by atoms with Crippen LogP contribution < -0.4 is 0 Å². The van der Waals surface area contributed by atoms with Gasteiger partial charge in [-0.3, -0.25) is 4.98 Å². The van der Waals surface area contributed by atoms with Gasteiger partial charge in [-0.25, -0.2) is 0 Å². The molecule has 2 aromatic rings. The fourth-order valence-electron chi connectivity index (χ4n) is 1.28. The lowest BCUT2D eigenvalue weighted by Crippen LogP contribution is -1.82. The van der Waals surface area contributed by atoms with E-state index < -0.39 is 0 Å². The number of benzene rings is 1. The predicted molar refractivity (Wildman–Crippen MR) is 54.4 cm³/mol. The van der Waals surface area contributed by atoms with E-state index in [2.05, 4.69) is 33.0 Å². The fourth-order valence-corrected chi connectivity index (χ4v) is 1.77. The van der Waals surface area contributed by atoms with E-state index in [0.29, 0.717) is 0 Å². The molecule has 0 aliphatic rings. The maximum absolute atomic E-state index is 4.27. The van der Waals surface area contributed by atoms with Crippen LogP contribution in [0.1, 0.15) is 5.56 Å². The lowest BCUT2D eigenvalue weighted by atomic mass is 10.1. The number of rotatable bonds is 1. The first-order valence-electron chi connectivity index (χ1n) is 3.80. The molecule has 60 valence electrons. The van der Waals surface area contributed by atoms with Crippen LogP contribution in [0.2, 0.25) is 0 Å². The molecular weight excluding hydrogens is 214 g/mol. The molecule has 0 saturated carbocycles. The van der Waals surface area contributed by atoms with Crippen LogP contribution >= 0.6 is 15.9 Å². The van der Waals surface area contributed by atoms with Crippen LogP contribution in [0.5, 0.6) is 0 Å².